The molecule has 0 unspecified atom stereocenters. The molecule has 1 N–H and O–H groups in total. The fourth-order valence-electron chi connectivity index (χ4n) is 1.41. The number of aliphatic hydroxyl groups excluding tert-OH is 1. The van der Waals surface area contributed by atoms with Crippen molar-refractivity contribution in [1.29, 1.82) is 0 Å². The Bertz CT molecular complexity index is 302. The van der Waals surface area contributed by atoms with Crippen LogP contribution in [0.4, 0.5) is 0 Å². The van der Waals surface area contributed by atoms with E-state index < -0.39 is 0 Å². The van der Waals surface area contributed by atoms with Crippen molar-refractivity contribution in [2.45, 2.75) is 45.1 Å². The molecular formula is C10H15NOS. The molecule has 1 heterocycles. The van der Waals surface area contributed by atoms with Crippen LogP contribution in [0.25, 0.3) is 0 Å². The van der Waals surface area contributed by atoms with Gasteiger partial charge in [0.15, 0.2) is 0 Å². The zero-order chi connectivity index (χ0) is 9.42. The van der Waals surface area contributed by atoms with Crippen LogP contribution in [0.15, 0.2) is 0 Å². The molecule has 72 valence electrons. The fraction of sp³-hybridized carbons (Fsp3) is 0.700. The van der Waals surface area contributed by atoms with E-state index in [0.29, 0.717) is 11.8 Å². The van der Waals surface area contributed by atoms with Gasteiger partial charge in [-0.25, -0.2) is 4.98 Å². The standard InChI is InChI=1S/C10H15NOS/c1-6(2)10-11-8(5-12)9(13-10)7-3-4-7/h6-7,12H,3-5H2,1-2H3. The third-order valence-electron chi connectivity index (χ3n) is 2.34. The first-order chi connectivity index (χ1) is 6.22. The maximum Gasteiger partial charge on any atom is 0.0957 e. The topological polar surface area (TPSA) is 33.1 Å². The molecule has 0 aliphatic heterocycles. The summed E-state index contributed by atoms with van der Waals surface area (Å²) in [7, 11) is 0. The van der Waals surface area contributed by atoms with E-state index in [4.69, 9.17) is 5.11 Å². The van der Waals surface area contributed by atoms with Gasteiger partial charge in [0, 0.05) is 10.8 Å². The predicted molar refractivity (Wildman–Crippen MR) is 54.1 cm³/mol. The van der Waals surface area contributed by atoms with Gasteiger partial charge in [0.2, 0.25) is 0 Å². The second kappa shape index (κ2) is 3.39. The van der Waals surface area contributed by atoms with Crippen molar-refractivity contribution in [3.05, 3.63) is 15.6 Å². The molecule has 3 heteroatoms. The van der Waals surface area contributed by atoms with Crippen LogP contribution in [0.3, 0.4) is 0 Å². The van der Waals surface area contributed by atoms with E-state index in [1.54, 1.807) is 11.3 Å². The maximum atomic E-state index is 9.13. The summed E-state index contributed by atoms with van der Waals surface area (Å²) in [5, 5.41) is 10.3. The average molecular weight is 197 g/mol. The van der Waals surface area contributed by atoms with Crippen molar-refractivity contribution in [1.82, 2.24) is 4.98 Å². The second-order valence-corrected chi connectivity index (χ2v) is 5.01. The molecule has 1 saturated carbocycles. The van der Waals surface area contributed by atoms with Gasteiger partial charge >= 0.3 is 0 Å². The predicted octanol–water partition coefficient (Wildman–Crippen LogP) is 2.64. The summed E-state index contributed by atoms with van der Waals surface area (Å²) in [5.74, 6) is 1.20. The van der Waals surface area contributed by atoms with E-state index in [9.17, 15) is 0 Å². The summed E-state index contributed by atoms with van der Waals surface area (Å²) in [4.78, 5) is 5.80. The summed E-state index contributed by atoms with van der Waals surface area (Å²) >= 11 is 1.79. The largest absolute Gasteiger partial charge is 0.390 e. The van der Waals surface area contributed by atoms with E-state index >= 15 is 0 Å². The second-order valence-electron chi connectivity index (χ2n) is 3.95. The molecule has 0 aromatic carbocycles. The van der Waals surface area contributed by atoms with Gasteiger partial charge in [-0.15, -0.1) is 11.3 Å². The molecule has 0 atom stereocenters. The zero-order valence-electron chi connectivity index (χ0n) is 8.08. The Morgan fingerprint density at radius 3 is 2.69 bits per heavy atom. The van der Waals surface area contributed by atoms with Crippen LogP contribution in [-0.4, -0.2) is 10.1 Å². The zero-order valence-corrected chi connectivity index (χ0v) is 8.90. The Labute approximate surface area is 82.6 Å². The molecule has 1 aliphatic carbocycles. The van der Waals surface area contributed by atoms with E-state index in [-0.39, 0.29) is 6.61 Å². The highest BCUT2D eigenvalue weighted by atomic mass is 32.1. The monoisotopic (exact) mass is 197 g/mol. The number of hydrogen-bond donors (Lipinski definition) is 1. The first kappa shape index (κ1) is 9.16. The lowest BCUT2D eigenvalue weighted by Crippen LogP contribution is -1.90. The SMILES string of the molecule is CC(C)c1nc(CO)c(C2CC2)s1. The normalized spacial score (nSPS) is 16.9. The van der Waals surface area contributed by atoms with Gasteiger partial charge in [0.1, 0.15) is 0 Å². The lowest BCUT2D eigenvalue weighted by Gasteiger charge is -1.95. The Morgan fingerprint density at radius 1 is 1.54 bits per heavy atom. The van der Waals surface area contributed by atoms with Crippen LogP contribution >= 0.6 is 11.3 Å². The molecule has 0 spiro atoms. The van der Waals surface area contributed by atoms with Gasteiger partial charge in [0.05, 0.1) is 17.3 Å². The number of aromatic nitrogens is 1. The molecule has 0 saturated heterocycles. The number of thiazole rings is 1. The van der Waals surface area contributed by atoms with E-state index in [1.165, 1.54) is 22.7 Å². The first-order valence-corrected chi connectivity index (χ1v) is 5.64. The third kappa shape index (κ3) is 1.76. The van der Waals surface area contributed by atoms with Crippen molar-refractivity contribution in [2.75, 3.05) is 0 Å². The highest BCUT2D eigenvalue weighted by Crippen LogP contribution is 2.45. The van der Waals surface area contributed by atoms with Gasteiger partial charge < -0.3 is 5.11 Å². The number of hydrogen-bond acceptors (Lipinski definition) is 3. The molecular weight excluding hydrogens is 182 g/mol. The summed E-state index contributed by atoms with van der Waals surface area (Å²) < 4.78 is 0. The Morgan fingerprint density at radius 2 is 2.23 bits per heavy atom. The van der Waals surface area contributed by atoms with Crippen molar-refractivity contribution < 1.29 is 5.11 Å². The average Bonchev–Trinajstić information content (AvgIpc) is 2.84. The van der Waals surface area contributed by atoms with Crippen LogP contribution in [0.2, 0.25) is 0 Å². The number of rotatable bonds is 3. The van der Waals surface area contributed by atoms with Gasteiger partial charge in [-0.1, -0.05) is 13.8 Å². The maximum absolute atomic E-state index is 9.13. The molecule has 0 radical (unpaired) electrons. The van der Waals surface area contributed by atoms with E-state index in [2.05, 4.69) is 18.8 Å². The molecule has 0 amide bonds. The molecule has 2 nitrogen and oxygen atoms in total. The van der Waals surface area contributed by atoms with E-state index in [0.717, 1.165) is 5.69 Å². The Kier molecular flexibility index (Phi) is 2.39. The molecule has 0 bridgehead atoms. The molecule has 13 heavy (non-hydrogen) atoms. The van der Waals surface area contributed by atoms with Crippen LogP contribution < -0.4 is 0 Å². The molecule has 1 aromatic rings. The van der Waals surface area contributed by atoms with Crippen molar-refractivity contribution >= 4 is 11.3 Å². The van der Waals surface area contributed by atoms with Gasteiger partial charge in [-0.05, 0) is 18.8 Å². The van der Waals surface area contributed by atoms with Crippen molar-refractivity contribution in [3.63, 3.8) is 0 Å². The number of aliphatic hydroxyl groups is 1. The van der Waals surface area contributed by atoms with Crippen LogP contribution in [0, 0.1) is 0 Å². The minimum Gasteiger partial charge on any atom is -0.390 e. The molecule has 1 aromatic heterocycles. The minimum atomic E-state index is 0.106. The van der Waals surface area contributed by atoms with Gasteiger partial charge in [-0.3, -0.25) is 0 Å². The molecule has 1 fully saturated rings. The van der Waals surface area contributed by atoms with Gasteiger partial charge in [-0.2, -0.15) is 0 Å². The third-order valence-corrected chi connectivity index (χ3v) is 3.90. The fourth-order valence-corrected chi connectivity index (χ4v) is 2.65. The van der Waals surface area contributed by atoms with Crippen molar-refractivity contribution in [3.8, 4) is 0 Å². The molecule has 2 rings (SSSR count). The first-order valence-electron chi connectivity index (χ1n) is 4.82. The smallest absolute Gasteiger partial charge is 0.0957 e. The summed E-state index contributed by atoms with van der Waals surface area (Å²) in [6.07, 6.45) is 2.57. The number of nitrogens with zero attached hydrogens (tertiary/aromatic N) is 1. The van der Waals surface area contributed by atoms with Gasteiger partial charge in [0.25, 0.3) is 0 Å². The Balaban J connectivity index is 2.31. The summed E-state index contributed by atoms with van der Waals surface area (Å²) in [6, 6.07) is 0. The minimum absolute atomic E-state index is 0.106. The Hall–Kier alpha value is -0.410. The van der Waals surface area contributed by atoms with Crippen LogP contribution in [0.1, 0.15) is 54.1 Å². The van der Waals surface area contributed by atoms with E-state index in [1.807, 2.05) is 0 Å². The lowest BCUT2D eigenvalue weighted by molar-refractivity contribution is 0.276. The van der Waals surface area contributed by atoms with Crippen molar-refractivity contribution in [2.24, 2.45) is 0 Å². The highest BCUT2D eigenvalue weighted by Gasteiger charge is 2.29. The highest BCUT2D eigenvalue weighted by molar-refractivity contribution is 7.12. The van der Waals surface area contributed by atoms with Crippen LogP contribution in [0.5, 0.6) is 0 Å². The molecule has 1 aliphatic rings. The summed E-state index contributed by atoms with van der Waals surface area (Å²) in [6.45, 7) is 4.41. The van der Waals surface area contributed by atoms with Crippen LogP contribution in [-0.2, 0) is 6.61 Å². The summed E-state index contributed by atoms with van der Waals surface area (Å²) in [5.41, 5.74) is 0.927. The quantitative estimate of drug-likeness (QED) is 0.808. The lowest BCUT2D eigenvalue weighted by atomic mass is 10.2.